The Hall–Kier alpha value is -2.82. The quantitative estimate of drug-likeness (QED) is 0.563. The number of piperidine rings is 1. The first kappa shape index (κ1) is 24.3. The number of anilines is 1. The summed E-state index contributed by atoms with van der Waals surface area (Å²) in [5.41, 5.74) is 2.84. The molecule has 4 rings (SSSR count). The molecular weight excluding hydrogens is 422 g/mol. The van der Waals surface area contributed by atoms with Crippen LogP contribution in [0.15, 0.2) is 54.6 Å². The average Bonchev–Trinajstić information content (AvgIpc) is 2.89. The van der Waals surface area contributed by atoms with Crippen molar-refractivity contribution in [3.63, 3.8) is 0 Å². The van der Waals surface area contributed by atoms with Crippen molar-refractivity contribution in [2.45, 2.75) is 70.3 Å². The van der Waals surface area contributed by atoms with Crippen LogP contribution in [0.1, 0.15) is 80.1 Å². The minimum absolute atomic E-state index is 0.0326. The molecule has 0 spiro atoms. The van der Waals surface area contributed by atoms with Gasteiger partial charge in [0.05, 0.1) is 11.5 Å². The number of carbonyl (C=O) groups is 2. The summed E-state index contributed by atoms with van der Waals surface area (Å²) in [6, 6.07) is 18.2. The van der Waals surface area contributed by atoms with Crippen molar-refractivity contribution in [3.05, 3.63) is 65.7 Å². The molecule has 1 aliphatic heterocycles. The number of nitrogens with zero attached hydrogens (tertiary/aromatic N) is 1. The second-order valence-electron chi connectivity index (χ2n) is 9.87. The van der Waals surface area contributed by atoms with Gasteiger partial charge in [-0.3, -0.25) is 9.59 Å². The van der Waals surface area contributed by atoms with Crippen LogP contribution in [0.3, 0.4) is 0 Å². The van der Waals surface area contributed by atoms with Crippen LogP contribution in [-0.2, 0) is 4.79 Å². The summed E-state index contributed by atoms with van der Waals surface area (Å²) < 4.78 is 0. The lowest BCUT2D eigenvalue weighted by atomic mass is 9.89. The van der Waals surface area contributed by atoms with Crippen molar-refractivity contribution in [2.24, 2.45) is 5.92 Å². The number of hydrogen-bond donors (Lipinski definition) is 2. The van der Waals surface area contributed by atoms with Crippen LogP contribution in [0.5, 0.6) is 0 Å². The molecule has 1 saturated carbocycles. The third-order valence-electron chi connectivity index (χ3n) is 7.53. The first-order chi connectivity index (χ1) is 16.7. The fourth-order valence-electron chi connectivity index (χ4n) is 5.49. The number of amides is 2. The third-order valence-corrected chi connectivity index (χ3v) is 7.53. The van der Waals surface area contributed by atoms with Gasteiger partial charge in [-0.15, -0.1) is 0 Å². The Bertz CT molecular complexity index is 931. The average molecular weight is 462 g/mol. The first-order valence-electron chi connectivity index (χ1n) is 13.1. The third kappa shape index (κ3) is 6.19. The number of benzene rings is 2. The van der Waals surface area contributed by atoms with Crippen LogP contribution in [-0.4, -0.2) is 37.5 Å². The van der Waals surface area contributed by atoms with Gasteiger partial charge in [0.1, 0.15) is 0 Å². The standard InChI is InChI=1S/C29H39N3O2/c1-2-25(23-13-7-4-8-14-23)29(34)31-24-17-19-32(20-18-24)27-16-10-9-15-26(27)28(33)30-21-22-11-5-3-6-12-22/h4,7-10,13-16,22,24-25H,2-3,5-6,11-12,17-21H2,1H3,(H,30,33)(H,31,34). The molecule has 1 unspecified atom stereocenters. The highest BCUT2D eigenvalue weighted by Crippen LogP contribution is 2.27. The Morgan fingerprint density at radius 1 is 0.912 bits per heavy atom. The van der Waals surface area contributed by atoms with Crippen molar-refractivity contribution in [3.8, 4) is 0 Å². The number of rotatable bonds is 8. The summed E-state index contributed by atoms with van der Waals surface area (Å²) in [5, 5.41) is 6.48. The van der Waals surface area contributed by atoms with Crippen LogP contribution in [0, 0.1) is 5.92 Å². The minimum atomic E-state index is -0.104. The predicted octanol–water partition coefficient (Wildman–Crippen LogP) is 5.28. The van der Waals surface area contributed by atoms with E-state index in [2.05, 4.69) is 28.5 Å². The van der Waals surface area contributed by atoms with Gasteiger partial charge in [-0.25, -0.2) is 0 Å². The Morgan fingerprint density at radius 3 is 2.29 bits per heavy atom. The maximum absolute atomic E-state index is 13.0. The highest BCUT2D eigenvalue weighted by atomic mass is 16.2. The van der Waals surface area contributed by atoms with Crippen LogP contribution in [0.2, 0.25) is 0 Å². The smallest absolute Gasteiger partial charge is 0.253 e. The number of nitrogens with one attached hydrogen (secondary N) is 2. The highest BCUT2D eigenvalue weighted by Gasteiger charge is 2.26. The number of carbonyl (C=O) groups excluding carboxylic acids is 2. The van der Waals surface area contributed by atoms with Gasteiger partial charge in [-0.05, 0) is 55.7 Å². The molecule has 0 aromatic heterocycles. The van der Waals surface area contributed by atoms with Gasteiger partial charge in [0.15, 0.2) is 0 Å². The van der Waals surface area contributed by atoms with Crippen LogP contribution in [0.25, 0.3) is 0 Å². The van der Waals surface area contributed by atoms with Gasteiger partial charge >= 0.3 is 0 Å². The second kappa shape index (κ2) is 12.0. The van der Waals surface area contributed by atoms with E-state index in [0.29, 0.717) is 5.92 Å². The zero-order chi connectivity index (χ0) is 23.8. The molecular formula is C29H39N3O2. The molecule has 1 saturated heterocycles. The van der Waals surface area contributed by atoms with Gasteiger partial charge in [-0.1, -0.05) is 68.7 Å². The first-order valence-corrected chi connectivity index (χ1v) is 13.1. The molecule has 1 aliphatic carbocycles. The molecule has 2 aliphatic rings. The van der Waals surface area contributed by atoms with Gasteiger partial charge < -0.3 is 15.5 Å². The Kier molecular flexibility index (Phi) is 8.62. The largest absolute Gasteiger partial charge is 0.371 e. The van der Waals surface area contributed by atoms with E-state index in [-0.39, 0.29) is 23.8 Å². The maximum Gasteiger partial charge on any atom is 0.253 e. The lowest BCUT2D eigenvalue weighted by molar-refractivity contribution is -0.123. The molecule has 34 heavy (non-hydrogen) atoms. The Balaban J connectivity index is 1.31. The molecule has 0 radical (unpaired) electrons. The van der Waals surface area contributed by atoms with E-state index in [1.165, 1.54) is 32.1 Å². The molecule has 1 heterocycles. The van der Waals surface area contributed by atoms with Crippen molar-refractivity contribution in [1.82, 2.24) is 10.6 Å². The van der Waals surface area contributed by atoms with E-state index in [0.717, 1.165) is 55.7 Å². The zero-order valence-electron chi connectivity index (χ0n) is 20.5. The summed E-state index contributed by atoms with van der Waals surface area (Å²) in [7, 11) is 0. The lowest BCUT2D eigenvalue weighted by Gasteiger charge is -2.35. The van der Waals surface area contributed by atoms with E-state index in [1.807, 2.05) is 48.5 Å². The lowest BCUT2D eigenvalue weighted by Crippen LogP contribution is -2.46. The van der Waals surface area contributed by atoms with E-state index in [1.54, 1.807) is 0 Å². The molecule has 5 nitrogen and oxygen atoms in total. The maximum atomic E-state index is 13.0. The Labute approximate surface area is 204 Å². The summed E-state index contributed by atoms with van der Waals surface area (Å²) in [5.74, 6) is 0.666. The Morgan fingerprint density at radius 2 is 1.59 bits per heavy atom. The van der Waals surface area contributed by atoms with Crippen LogP contribution < -0.4 is 15.5 Å². The van der Waals surface area contributed by atoms with Gasteiger partial charge in [0.2, 0.25) is 5.91 Å². The fourth-order valence-corrected chi connectivity index (χ4v) is 5.49. The topological polar surface area (TPSA) is 61.4 Å². The number of hydrogen-bond acceptors (Lipinski definition) is 3. The van der Waals surface area contributed by atoms with Gasteiger partial charge in [0.25, 0.3) is 5.91 Å². The van der Waals surface area contributed by atoms with E-state index < -0.39 is 0 Å². The van der Waals surface area contributed by atoms with Crippen molar-refractivity contribution in [1.29, 1.82) is 0 Å². The molecule has 2 fully saturated rings. The monoisotopic (exact) mass is 461 g/mol. The molecule has 2 amide bonds. The normalized spacial score (nSPS) is 18.3. The molecule has 2 N–H and O–H groups in total. The summed E-state index contributed by atoms with van der Waals surface area (Å²) in [6.07, 6.45) is 8.91. The van der Waals surface area contributed by atoms with Crippen LogP contribution in [0.4, 0.5) is 5.69 Å². The van der Waals surface area contributed by atoms with E-state index >= 15 is 0 Å². The molecule has 182 valence electrons. The SMILES string of the molecule is CCC(C(=O)NC1CCN(c2ccccc2C(=O)NCC2CCCCC2)CC1)c1ccccc1. The molecule has 2 aromatic carbocycles. The molecule has 5 heteroatoms. The summed E-state index contributed by atoms with van der Waals surface area (Å²) >= 11 is 0. The van der Waals surface area contributed by atoms with Crippen molar-refractivity contribution in [2.75, 3.05) is 24.5 Å². The minimum Gasteiger partial charge on any atom is -0.371 e. The van der Waals surface area contributed by atoms with E-state index in [4.69, 9.17) is 0 Å². The molecule has 2 aromatic rings. The van der Waals surface area contributed by atoms with Gasteiger partial charge in [0, 0.05) is 31.4 Å². The number of para-hydroxylation sites is 1. The molecule has 0 bridgehead atoms. The molecule has 1 atom stereocenters. The second-order valence-corrected chi connectivity index (χ2v) is 9.87. The summed E-state index contributed by atoms with van der Waals surface area (Å²) in [6.45, 7) is 4.51. The van der Waals surface area contributed by atoms with Gasteiger partial charge in [-0.2, -0.15) is 0 Å². The summed E-state index contributed by atoms with van der Waals surface area (Å²) in [4.78, 5) is 28.3. The predicted molar refractivity (Wildman–Crippen MR) is 138 cm³/mol. The van der Waals surface area contributed by atoms with E-state index in [9.17, 15) is 9.59 Å². The van der Waals surface area contributed by atoms with Crippen LogP contribution >= 0.6 is 0 Å². The van der Waals surface area contributed by atoms with Crippen molar-refractivity contribution >= 4 is 17.5 Å². The van der Waals surface area contributed by atoms with Crippen molar-refractivity contribution < 1.29 is 9.59 Å². The zero-order valence-corrected chi connectivity index (χ0v) is 20.5. The fraction of sp³-hybridized carbons (Fsp3) is 0.517. The highest BCUT2D eigenvalue weighted by molar-refractivity contribution is 5.99.